The van der Waals surface area contributed by atoms with Gasteiger partial charge in [-0.3, -0.25) is 4.79 Å². The van der Waals surface area contributed by atoms with Gasteiger partial charge in [-0.15, -0.1) is 0 Å². The topological polar surface area (TPSA) is 83.3 Å². The lowest BCUT2D eigenvalue weighted by atomic mass is 10.2. The molecule has 0 radical (unpaired) electrons. The first-order valence-corrected chi connectivity index (χ1v) is 6.35. The van der Waals surface area contributed by atoms with Crippen molar-refractivity contribution >= 4 is 28.2 Å². The number of likely N-dealkylation sites (tertiary alicyclic amines) is 1. The lowest BCUT2D eigenvalue weighted by Crippen LogP contribution is -2.36. The number of hydrogen-bond donors (Lipinski definition) is 3. The van der Waals surface area contributed by atoms with E-state index in [1.165, 1.54) is 11.3 Å². The van der Waals surface area contributed by atoms with Crippen LogP contribution in [0.5, 0.6) is 0 Å². The van der Waals surface area contributed by atoms with Crippen molar-refractivity contribution in [2.45, 2.75) is 12.5 Å². The van der Waals surface area contributed by atoms with Gasteiger partial charge in [0, 0.05) is 19.6 Å². The summed E-state index contributed by atoms with van der Waals surface area (Å²) in [7, 11) is 3.80. The zero-order chi connectivity index (χ0) is 12.4. The Bertz CT molecular complexity index is 419. The largest absolute Gasteiger partial charge is 0.382 e. The number of nitrogens with one attached hydrogen (secondary N) is 2. The van der Waals surface area contributed by atoms with Crippen molar-refractivity contribution in [3.8, 4) is 0 Å². The summed E-state index contributed by atoms with van der Waals surface area (Å²) >= 11 is 1.28. The van der Waals surface area contributed by atoms with Crippen molar-refractivity contribution in [1.82, 2.24) is 15.2 Å². The van der Waals surface area contributed by atoms with Crippen molar-refractivity contribution < 1.29 is 4.79 Å². The first kappa shape index (κ1) is 12.1. The van der Waals surface area contributed by atoms with E-state index < -0.39 is 0 Å². The number of nitrogen functional groups attached to an aromatic ring is 1. The summed E-state index contributed by atoms with van der Waals surface area (Å²) in [5.41, 5.74) is 5.71. The van der Waals surface area contributed by atoms with E-state index in [0.717, 1.165) is 19.5 Å². The zero-order valence-electron chi connectivity index (χ0n) is 9.99. The summed E-state index contributed by atoms with van der Waals surface area (Å²) in [5, 5.41) is 6.53. The van der Waals surface area contributed by atoms with E-state index in [0.29, 0.717) is 15.8 Å². The molecule has 0 saturated carbocycles. The molecular weight excluding hydrogens is 238 g/mol. The van der Waals surface area contributed by atoms with E-state index in [1.807, 2.05) is 7.05 Å². The number of carbonyl (C=O) groups excluding carboxylic acids is 1. The monoisotopic (exact) mass is 255 g/mol. The van der Waals surface area contributed by atoms with Gasteiger partial charge in [-0.25, -0.2) is 4.98 Å². The SMILES string of the molecule is CNc1nc(N)c(C(=O)NC2CCN(C)C2)s1. The van der Waals surface area contributed by atoms with Crippen molar-refractivity contribution in [1.29, 1.82) is 0 Å². The van der Waals surface area contributed by atoms with Crippen molar-refractivity contribution in [2.75, 3.05) is 38.2 Å². The second kappa shape index (κ2) is 4.89. The molecule has 0 aromatic carbocycles. The molecule has 1 aromatic rings. The molecule has 4 N–H and O–H groups in total. The van der Waals surface area contributed by atoms with E-state index in [2.05, 4.69) is 20.5 Å². The Morgan fingerprint density at radius 1 is 1.65 bits per heavy atom. The molecule has 7 heteroatoms. The Hall–Kier alpha value is -1.34. The maximum atomic E-state index is 12.0. The van der Waals surface area contributed by atoms with E-state index in [1.54, 1.807) is 7.05 Å². The third-order valence-corrected chi connectivity index (χ3v) is 3.89. The fourth-order valence-electron chi connectivity index (χ4n) is 1.91. The van der Waals surface area contributed by atoms with Crippen LogP contribution in [0.2, 0.25) is 0 Å². The number of thiazole rings is 1. The smallest absolute Gasteiger partial charge is 0.265 e. The highest BCUT2D eigenvalue weighted by Gasteiger charge is 2.23. The predicted octanol–water partition coefficient (Wildman–Crippen LogP) is 0.201. The second-order valence-electron chi connectivity index (χ2n) is 4.20. The summed E-state index contributed by atoms with van der Waals surface area (Å²) in [5.74, 6) is 0.171. The average Bonchev–Trinajstić information content (AvgIpc) is 2.85. The highest BCUT2D eigenvalue weighted by molar-refractivity contribution is 7.18. The Morgan fingerprint density at radius 3 is 2.94 bits per heavy atom. The lowest BCUT2D eigenvalue weighted by Gasteiger charge is -2.11. The minimum absolute atomic E-state index is 0.123. The molecule has 1 unspecified atom stereocenters. The molecule has 1 aromatic heterocycles. The number of likely N-dealkylation sites (N-methyl/N-ethyl adjacent to an activating group) is 1. The van der Waals surface area contributed by atoms with Crippen LogP contribution in [0, 0.1) is 0 Å². The number of anilines is 2. The van der Waals surface area contributed by atoms with E-state index in [4.69, 9.17) is 5.73 Å². The fraction of sp³-hybridized carbons (Fsp3) is 0.600. The maximum Gasteiger partial charge on any atom is 0.265 e. The van der Waals surface area contributed by atoms with Crippen LogP contribution in [0.4, 0.5) is 10.9 Å². The van der Waals surface area contributed by atoms with Crippen LogP contribution < -0.4 is 16.4 Å². The number of nitrogens with zero attached hydrogens (tertiary/aromatic N) is 2. The molecule has 6 nitrogen and oxygen atoms in total. The van der Waals surface area contributed by atoms with Crippen molar-refractivity contribution in [3.63, 3.8) is 0 Å². The normalized spacial score (nSPS) is 20.5. The van der Waals surface area contributed by atoms with Gasteiger partial charge in [-0.2, -0.15) is 0 Å². The Kier molecular flexibility index (Phi) is 3.49. The quantitative estimate of drug-likeness (QED) is 0.718. The van der Waals surface area contributed by atoms with Crippen LogP contribution in [0.1, 0.15) is 16.1 Å². The Labute approximate surface area is 104 Å². The van der Waals surface area contributed by atoms with E-state index >= 15 is 0 Å². The van der Waals surface area contributed by atoms with Crippen LogP contribution >= 0.6 is 11.3 Å². The van der Waals surface area contributed by atoms with Crippen LogP contribution in [0.25, 0.3) is 0 Å². The number of aromatic nitrogens is 1. The summed E-state index contributed by atoms with van der Waals surface area (Å²) in [4.78, 5) is 18.7. The first-order valence-electron chi connectivity index (χ1n) is 5.53. The number of carbonyl (C=O) groups is 1. The Morgan fingerprint density at radius 2 is 2.41 bits per heavy atom. The standard InChI is InChI=1S/C10H17N5OS/c1-12-10-14-8(11)7(17-10)9(16)13-6-3-4-15(2)5-6/h6H,3-5,11H2,1-2H3,(H,12,14)(H,13,16). The van der Waals surface area contributed by atoms with Gasteiger partial charge in [0.25, 0.3) is 5.91 Å². The van der Waals surface area contributed by atoms with Crippen molar-refractivity contribution in [3.05, 3.63) is 4.88 Å². The first-order chi connectivity index (χ1) is 8.10. The van der Waals surface area contributed by atoms with Crippen molar-refractivity contribution in [2.24, 2.45) is 0 Å². The molecule has 0 aliphatic carbocycles. The van der Waals surface area contributed by atoms with Gasteiger partial charge in [-0.05, 0) is 20.0 Å². The highest BCUT2D eigenvalue weighted by atomic mass is 32.1. The lowest BCUT2D eigenvalue weighted by molar-refractivity contribution is 0.0943. The van der Waals surface area contributed by atoms with Crippen LogP contribution in [0.15, 0.2) is 0 Å². The van der Waals surface area contributed by atoms with Gasteiger partial charge in [0.2, 0.25) is 0 Å². The number of hydrogen-bond acceptors (Lipinski definition) is 6. The number of rotatable bonds is 3. The molecule has 1 aliphatic heterocycles. The summed E-state index contributed by atoms with van der Waals surface area (Å²) in [6, 6.07) is 0.215. The average molecular weight is 255 g/mol. The van der Waals surface area contributed by atoms with Gasteiger partial charge in [0.15, 0.2) is 5.13 Å². The van der Waals surface area contributed by atoms with E-state index in [-0.39, 0.29) is 11.9 Å². The minimum atomic E-state index is -0.123. The molecule has 1 atom stereocenters. The molecule has 0 bridgehead atoms. The molecule has 1 fully saturated rings. The summed E-state index contributed by atoms with van der Waals surface area (Å²) in [6.45, 7) is 1.91. The molecule has 17 heavy (non-hydrogen) atoms. The van der Waals surface area contributed by atoms with Crippen LogP contribution in [-0.4, -0.2) is 49.0 Å². The molecular formula is C10H17N5OS. The van der Waals surface area contributed by atoms with Crippen LogP contribution in [0.3, 0.4) is 0 Å². The van der Waals surface area contributed by atoms with E-state index in [9.17, 15) is 4.79 Å². The third-order valence-electron chi connectivity index (χ3n) is 2.80. The molecule has 94 valence electrons. The summed E-state index contributed by atoms with van der Waals surface area (Å²) in [6.07, 6.45) is 0.986. The minimum Gasteiger partial charge on any atom is -0.382 e. The van der Waals surface area contributed by atoms with Crippen LogP contribution in [-0.2, 0) is 0 Å². The van der Waals surface area contributed by atoms with Gasteiger partial charge >= 0.3 is 0 Å². The second-order valence-corrected chi connectivity index (χ2v) is 5.20. The molecule has 1 saturated heterocycles. The highest BCUT2D eigenvalue weighted by Crippen LogP contribution is 2.24. The number of amides is 1. The zero-order valence-corrected chi connectivity index (χ0v) is 10.8. The van der Waals surface area contributed by atoms with Gasteiger partial charge in [-0.1, -0.05) is 11.3 Å². The van der Waals surface area contributed by atoms with Gasteiger partial charge in [0.1, 0.15) is 10.7 Å². The fourth-order valence-corrected chi connectivity index (χ4v) is 2.65. The third kappa shape index (κ3) is 2.67. The van der Waals surface area contributed by atoms with Gasteiger partial charge in [0.05, 0.1) is 0 Å². The Balaban J connectivity index is 2.01. The molecule has 1 aliphatic rings. The maximum absolute atomic E-state index is 12.0. The predicted molar refractivity (Wildman–Crippen MR) is 69.4 cm³/mol. The molecule has 1 amide bonds. The number of nitrogens with two attached hydrogens (primary N) is 1. The van der Waals surface area contributed by atoms with Gasteiger partial charge < -0.3 is 21.3 Å². The molecule has 2 rings (SSSR count). The molecule has 0 spiro atoms. The summed E-state index contributed by atoms with van der Waals surface area (Å²) < 4.78 is 0. The molecule has 2 heterocycles.